The summed E-state index contributed by atoms with van der Waals surface area (Å²) in [7, 11) is 0. The van der Waals surface area contributed by atoms with E-state index in [1.807, 2.05) is 0 Å². The molecule has 0 aliphatic rings. The predicted molar refractivity (Wildman–Crippen MR) is 48.7 cm³/mol. The number of aldehydes is 1. The fraction of sp³-hybridized carbons (Fsp3) is 0.833. The molecule has 0 saturated heterocycles. The zero-order chi connectivity index (χ0) is 13.3. The summed E-state index contributed by atoms with van der Waals surface area (Å²) in [6.07, 6.45) is -6.84. The fourth-order valence-electron chi connectivity index (χ4n) is 0.618. The van der Waals surface area contributed by atoms with E-state index in [-0.39, 0.29) is 35.8 Å². The van der Waals surface area contributed by atoms with Gasteiger partial charge >= 0.3 is 29.6 Å². The molecule has 0 rings (SSSR count). The quantitative estimate of drug-likeness (QED) is 0.162. The second-order valence-electron chi connectivity index (χ2n) is 2.57. The fourth-order valence-corrected chi connectivity index (χ4v) is 0.618. The number of aliphatic hydroxyl groups excluding tert-OH is 5. The summed E-state index contributed by atoms with van der Waals surface area (Å²) in [6.45, 7) is -0.760. The second kappa shape index (κ2) is 13.0. The predicted octanol–water partition coefficient (Wildman–Crippen LogP) is -7.04. The number of carbonyl (C=O) groups excluding carboxylic acids is 1. The molecule has 0 saturated carbocycles. The Kier molecular flexibility index (Phi) is 17.3. The van der Waals surface area contributed by atoms with Crippen molar-refractivity contribution in [1.82, 2.24) is 0 Å². The molecule has 6 N–H and O–H groups in total. The van der Waals surface area contributed by atoms with Gasteiger partial charge in [0, 0.05) is 0 Å². The summed E-state index contributed by atoms with van der Waals surface area (Å²) in [5, 5.41) is 43.5. The Balaban J connectivity index is -0.000000340. The van der Waals surface area contributed by atoms with Crippen molar-refractivity contribution in [3.8, 4) is 0 Å². The van der Waals surface area contributed by atoms with E-state index in [0.717, 1.165) is 0 Å². The summed E-state index contributed by atoms with van der Waals surface area (Å²) in [5.74, 6) is 0. The van der Waals surface area contributed by atoms with E-state index >= 15 is 0 Å². The maximum atomic E-state index is 9.90. The molecular formula is C6H13NaO9S. The van der Waals surface area contributed by atoms with Crippen molar-refractivity contribution in [2.45, 2.75) is 24.4 Å². The van der Waals surface area contributed by atoms with Gasteiger partial charge in [0.15, 0.2) is 6.29 Å². The average Bonchev–Trinajstić information content (AvgIpc) is 2.24. The minimum Gasteiger partial charge on any atom is -0.750 e. The van der Waals surface area contributed by atoms with Crippen LogP contribution < -0.4 is 29.6 Å². The topological polar surface area (TPSA) is 179 Å². The molecule has 0 aromatic rings. The molecule has 0 radical (unpaired) electrons. The third kappa shape index (κ3) is 12.8. The largest absolute Gasteiger partial charge is 1.00 e. The van der Waals surface area contributed by atoms with E-state index in [9.17, 15) is 4.79 Å². The van der Waals surface area contributed by atoms with Gasteiger partial charge in [-0.15, -0.1) is 0 Å². The Morgan fingerprint density at radius 3 is 1.76 bits per heavy atom. The number of hydrogen-bond acceptors (Lipinski definition) is 8. The zero-order valence-corrected chi connectivity index (χ0v) is 11.7. The Morgan fingerprint density at radius 1 is 1.18 bits per heavy atom. The van der Waals surface area contributed by atoms with Crippen LogP contribution in [0.5, 0.6) is 0 Å². The smallest absolute Gasteiger partial charge is 0.750 e. The average molecular weight is 284 g/mol. The van der Waals surface area contributed by atoms with Gasteiger partial charge in [0.2, 0.25) is 0 Å². The molecule has 0 heterocycles. The standard InChI is InChI=1S/C6H12O6.Na.H2O3S/c7-1-3(9)5(11)6(12)4(10)2-8;;1-4(2)3/h1,3-6,8-12H,2H2;;(H2,1,2,3)/q;+1;/p-1/t3-,4+,5+,6+;;/m0../s1. The SMILES string of the molecule is O=C[C@H](O)[C@@H](O)[C@H](O)[C@H](O)CO.O=S([O-])O.[Na+]. The van der Waals surface area contributed by atoms with Crippen molar-refractivity contribution in [3.63, 3.8) is 0 Å². The van der Waals surface area contributed by atoms with Crippen LogP contribution in [0.25, 0.3) is 0 Å². The Labute approximate surface area is 121 Å². The molecule has 1 unspecified atom stereocenters. The molecule has 11 heteroatoms. The monoisotopic (exact) mass is 284 g/mol. The molecule has 0 aliphatic heterocycles. The Bertz CT molecular complexity index is 212. The first kappa shape index (κ1) is 22.7. The van der Waals surface area contributed by atoms with Crippen LogP contribution in [-0.4, -0.2) is 76.2 Å². The first-order valence-electron chi connectivity index (χ1n) is 3.84. The van der Waals surface area contributed by atoms with Crippen LogP contribution in [0.1, 0.15) is 0 Å². The molecule has 5 atom stereocenters. The minimum absolute atomic E-state index is 0. The molecule has 9 nitrogen and oxygen atoms in total. The van der Waals surface area contributed by atoms with Crippen molar-refractivity contribution in [3.05, 3.63) is 0 Å². The van der Waals surface area contributed by atoms with Gasteiger partial charge in [0.05, 0.1) is 18.0 Å². The maximum absolute atomic E-state index is 9.90. The van der Waals surface area contributed by atoms with Gasteiger partial charge in [-0.3, -0.25) is 0 Å². The Hall–Kier alpha value is 0.540. The molecular weight excluding hydrogens is 271 g/mol. The number of aliphatic hydroxyl groups is 5. The van der Waals surface area contributed by atoms with Gasteiger partial charge < -0.3 is 39.4 Å². The summed E-state index contributed by atoms with van der Waals surface area (Å²) >= 11 is -2.86. The van der Waals surface area contributed by atoms with E-state index in [2.05, 4.69) is 0 Å². The van der Waals surface area contributed by atoms with Crippen molar-refractivity contribution in [1.29, 1.82) is 0 Å². The first-order chi connectivity index (χ1) is 7.27. The summed E-state index contributed by atoms with van der Waals surface area (Å²) in [5.41, 5.74) is 0. The second-order valence-corrected chi connectivity index (χ2v) is 3.01. The molecule has 17 heavy (non-hydrogen) atoms. The van der Waals surface area contributed by atoms with Gasteiger partial charge in [-0.05, 0) is 0 Å². The normalized spacial score (nSPS) is 18.5. The molecule has 0 aliphatic carbocycles. The van der Waals surface area contributed by atoms with Crippen LogP contribution in [0.4, 0.5) is 0 Å². The van der Waals surface area contributed by atoms with Crippen LogP contribution in [0.3, 0.4) is 0 Å². The van der Waals surface area contributed by atoms with Crippen LogP contribution in [0.15, 0.2) is 0 Å². The zero-order valence-electron chi connectivity index (χ0n) is 8.91. The van der Waals surface area contributed by atoms with E-state index < -0.39 is 42.4 Å². The number of hydrogen-bond donors (Lipinski definition) is 6. The van der Waals surface area contributed by atoms with Crippen molar-refractivity contribution in [2.24, 2.45) is 0 Å². The molecule has 98 valence electrons. The summed E-state index contributed by atoms with van der Waals surface area (Å²) in [6, 6.07) is 0. The molecule has 0 aromatic heterocycles. The van der Waals surface area contributed by atoms with E-state index in [4.69, 9.17) is 38.8 Å². The third-order valence-electron chi connectivity index (χ3n) is 1.42. The van der Waals surface area contributed by atoms with Gasteiger partial charge in [-0.1, -0.05) is 0 Å². The molecule has 0 bridgehead atoms. The van der Waals surface area contributed by atoms with Gasteiger partial charge in [-0.25, -0.2) is 4.21 Å². The third-order valence-corrected chi connectivity index (χ3v) is 1.42. The molecule has 0 spiro atoms. The van der Waals surface area contributed by atoms with Crippen molar-refractivity contribution >= 4 is 17.6 Å². The van der Waals surface area contributed by atoms with Gasteiger partial charge in [0.25, 0.3) is 0 Å². The molecule has 0 amide bonds. The van der Waals surface area contributed by atoms with E-state index in [0.29, 0.717) is 0 Å². The minimum atomic E-state index is -2.86. The Morgan fingerprint density at radius 2 is 1.53 bits per heavy atom. The summed E-state index contributed by atoms with van der Waals surface area (Å²) in [4.78, 5) is 9.90. The summed E-state index contributed by atoms with van der Waals surface area (Å²) < 4.78 is 24.1. The molecule has 0 fully saturated rings. The first-order valence-corrected chi connectivity index (χ1v) is 4.87. The van der Waals surface area contributed by atoms with Crippen LogP contribution in [0, 0.1) is 0 Å². The number of rotatable bonds is 5. The van der Waals surface area contributed by atoms with E-state index in [1.54, 1.807) is 0 Å². The van der Waals surface area contributed by atoms with Gasteiger partial charge in [0.1, 0.15) is 24.4 Å². The van der Waals surface area contributed by atoms with Crippen LogP contribution >= 0.6 is 0 Å². The number of carbonyl (C=O) groups is 1. The van der Waals surface area contributed by atoms with Crippen molar-refractivity contribution < 1.29 is 73.2 Å². The van der Waals surface area contributed by atoms with Gasteiger partial charge in [-0.2, -0.15) is 0 Å². The maximum Gasteiger partial charge on any atom is 1.00 e. The van der Waals surface area contributed by atoms with Crippen molar-refractivity contribution in [2.75, 3.05) is 6.61 Å². The van der Waals surface area contributed by atoms with Crippen LogP contribution in [-0.2, 0) is 16.2 Å². The molecule has 0 aromatic carbocycles. The van der Waals surface area contributed by atoms with E-state index in [1.165, 1.54) is 0 Å². The van der Waals surface area contributed by atoms with Crippen LogP contribution in [0.2, 0.25) is 0 Å².